The van der Waals surface area contributed by atoms with Gasteiger partial charge in [-0.3, -0.25) is 0 Å². The minimum Gasteiger partial charge on any atom is -0.456 e. The predicted molar refractivity (Wildman–Crippen MR) is 219 cm³/mol. The van der Waals surface area contributed by atoms with Gasteiger partial charge < -0.3 is 4.42 Å². The maximum atomic E-state index is 6.55. The van der Waals surface area contributed by atoms with E-state index in [0.717, 1.165) is 66.4 Å². The molecule has 7 nitrogen and oxygen atoms in total. The van der Waals surface area contributed by atoms with Crippen molar-refractivity contribution in [3.05, 3.63) is 182 Å². The van der Waals surface area contributed by atoms with Crippen LogP contribution in [0.1, 0.15) is 0 Å². The van der Waals surface area contributed by atoms with Crippen molar-refractivity contribution in [1.82, 2.24) is 29.9 Å². The molecule has 258 valence electrons. The van der Waals surface area contributed by atoms with Crippen LogP contribution in [0, 0.1) is 0 Å². The molecule has 0 spiro atoms. The molecule has 0 aliphatic heterocycles. The Bertz CT molecular complexity index is 2850. The second-order valence-corrected chi connectivity index (χ2v) is 13.1. The molecule has 0 bridgehead atoms. The fourth-order valence-electron chi connectivity index (χ4n) is 6.90. The van der Waals surface area contributed by atoms with E-state index in [4.69, 9.17) is 34.3 Å². The van der Waals surface area contributed by atoms with E-state index in [1.165, 1.54) is 0 Å². The van der Waals surface area contributed by atoms with Gasteiger partial charge in [0.15, 0.2) is 34.9 Å². The van der Waals surface area contributed by atoms with Crippen LogP contribution in [0.3, 0.4) is 0 Å². The first-order valence-corrected chi connectivity index (χ1v) is 18.0. The van der Waals surface area contributed by atoms with Gasteiger partial charge in [-0.15, -0.1) is 0 Å². The first kappa shape index (κ1) is 32.0. The minimum absolute atomic E-state index is 0.583. The van der Waals surface area contributed by atoms with E-state index >= 15 is 0 Å². The Morgan fingerprint density at radius 1 is 0.273 bits per heavy atom. The maximum Gasteiger partial charge on any atom is 0.164 e. The number of rotatable bonds is 7. The van der Waals surface area contributed by atoms with Gasteiger partial charge in [0.2, 0.25) is 0 Å². The van der Waals surface area contributed by atoms with Gasteiger partial charge in [-0.1, -0.05) is 158 Å². The van der Waals surface area contributed by atoms with Crippen LogP contribution in [0.5, 0.6) is 0 Å². The maximum absolute atomic E-state index is 6.55. The lowest BCUT2D eigenvalue weighted by Gasteiger charge is -2.10. The molecule has 55 heavy (non-hydrogen) atoms. The lowest BCUT2D eigenvalue weighted by molar-refractivity contribution is 0.669. The fraction of sp³-hybridized carbons (Fsp3) is 0. The van der Waals surface area contributed by atoms with Gasteiger partial charge >= 0.3 is 0 Å². The molecule has 0 saturated heterocycles. The van der Waals surface area contributed by atoms with Gasteiger partial charge in [-0.25, -0.2) is 29.9 Å². The van der Waals surface area contributed by atoms with Crippen LogP contribution in [-0.2, 0) is 0 Å². The number of hydrogen-bond donors (Lipinski definition) is 0. The van der Waals surface area contributed by atoms with E-state index in [2.05, 4.69) is 36.4 Å². The first-order valence-electron chi connectivity index (χ1n) is 18.0. The summed E-state index contributed by atoms with van der Waals surface area (Å²) >= 11 is 0. The monoisotopic (exact) mass is 706 g/mol. The van der Waals surface area contributed by atoms with E-state index in [-0.39, 0.29) is 0 Å². The summed E-state index contributed by atoms with van der Waals surface area (Å²) in [4.78, 5) is 29.7. The van der Waals surface area contributed by atoms with Crippen molar-refractivity contribution in [2.75, 3.05) is 0 Å². The zero-order chi connectivity index (χ0) is 36.6. The second kappa shape index (κ2) is 13.7. The Morgan fingerprint density at radius 2 is 0.673 bits per heavy atom. The summed E-state index contributed by atoms with van der Waals surface area (Å²) in [7, 11) is 0. The highest BCUT2D eigenvalue weighted by molar-refractivity contribution is 6.12. The highest BCUT2D eigenvalue weighted by Crippen LogP contribution is 2.38. The largest absolute Gasteiger partial charge is 0.456 e. The SMILES string of the molecule is c1ccc(-c2nc(-c3ccccc3)nc(-c3cccc(-c4ccc5c(c4)oc4cccc(-c6nc(-c7ccccc7)nc(-c7ccccc7)n6)c45)c3)n2)cc1. The van der Waals surface area contributed by atoms with E-state index in [9.17, 15) is 0 Å². The molecule has 0 radical (unpaired) electrons. The number of aromatic nitrogens is 6. The second-order valence-electron chi connectivity index (χ2n) is 13.1. The molecule has 7 aromatic carbocycles. The van der Waals surface area contributed by atoms with Crippen LogP contribution in [0.4, 0.5) is 0 Å². The Balaban J connectivity index is 1.07. The Hall–Kier alpha value is -7.64. The molecule has 10 aromatic rings. The van der Waals surface area contributed by atoms with Crippen LogP contribution in [0.25, 0.3) is 101 Å². The summed E-state index contributed by atoms with van der Waals surface area (Å²) < 4.78 is 6.55. The van der Waals surface area contributed by atoms with Crippen molar-refractivity contribution >= 4 is 21.9 Å². The molecule has 0 aliphatic carbocycles. The fourth-order valence-corrected chi connectivity index (χ4v) is 6.90. The molecule has 0 aliphatic rings. The van der Waals surface area contributed by atoms with Crippen molar-refractivity contribution < 1.29 is 4.42 Å². The zero-order valence-electron chi connectivity index (χ0n) is 29.4. The topological polar surface area (TPSA) is 90.5 Å². The molecule has 0 atom stereocenters. The average molecular weight is 707 g/mol. The summed E-state index contributed by atoms with van der Waals surface area (Å²) in [6.07, 6.45) is 0. The first-order chi connectivity index (χ1) is 27.2. The quantitative estimate of drug-likeness (QED) is 0.163. The lowest BCUT2D eigenvalue weighted by Crippen LogP contribution is -2.00. The summed E-state index contributed by atoms with van der Waals surface area (Å²) in [6.45, 7) is 0. The summed E-state index contributed by atoms with van der Waals surface area (Å²) in [5.41, 5.74) is 9.01. The third kappa shape index (κ3) is 6.19. The molecule has 3 aromatic heterocycles. The van der Waals surface area contributed by atoms with Crippen LogP contribution >= 0.6 is 0 Å². The Morgan fingerprint density at radius 3 is 1.18 bits per heavy atom. The third-order valence-corrected chi connectivity index (χ3v) is 9.59. The Labute approximate surface area is 316 Å². The van der Waals surface area contributed by atoms with Crippen molar-refractivity contribution in [2.45, 2.75) is 0 Å². The van der Waals surface area contributed by atoms with Crippen molar-refractivity contribution in [3.8, 4) is 79.5 Å². The number of nitrogens with zero attached hydrogens (tertiary/aromatic N) is 6. The number of hydrogen-bond acceptors (Lipinski definition) is 7. The van der Waals surface area contributed by atoms with Crippen molar-refractivity contribution in [2.24, 2.45) is 0 Å². The molecule has 3 heterocycles. The number of furan rings is 1. The normalized spacial score (nSPS) is 11.3. The molecule has 7 heteroatoms. The van der Waals surface area contributed by atoms with Gasteiger partial charge in [0, 0.05) is 44.2 Å². The molecule has 0 unspecified atom stereocenters. The molecule has 0 saturated carbocycles. The van der Waals surface area contributed by atoms with Gasteiger partial charge in [0.25, 0.3) is 0 Å². The van der Waals surface area contributed by atoms with Crippen LogP contribution in [0.15, 0.2) is 186 Å². The molecule has 0 fully saturated rings. The molecule has 10 rings (SSSR count). The smallest absolute Gasteiger partial charge is 0.164 e. The van der Waals surface area contributed by atoms with E-state index in [1.54, 1.807) is 0 Å². The van der Waals surface area contributed by atoms with Gasteiger partial charge in [0.05, 0.1) is 0 Å². The van der Waals surface area contributed by atoms with E-state index in [1.807, 2.05) is 146 Å². The van der Waals surface area contributed by atoms with Gasteiger partial charge in [0.1, 0.15) is 11.2 Å². The van der Waals surface area contributed by atoms with Crippen LogP contribution in [0.2, 0.25) is 0 Å². The third-order valence-electron chi connectivity index (χ3n) is 9.59. The van der Waals surface area contributed by atoms with Crippen LogP contribution in [-0.4, -0.2) is 29.9 Å². The molecule has 0 amide bonds. The molecular formula is C48H30N6O. The summed E-state index contributed by atoms with van der Waals surface area (Å²) in [5, 5.41) is 1.93. The standard InChI is InChI=1S/C48H30N6O/c1-5-15-31(16-6-1)43-49-44(32-17-7-2-8-18-32)52-47(51-43)37-24-13-23-35(29-37)36-27-28-38-41(30-36)55-40-26-14-25-39(42(38)40)48-53-45(33-19-9-3-10-20-33)50-46(54-48)34-21-11-4-12-22-34/h1-30H. The van der Waals surface area contributed by atoms with E-state index in [0.29, 0.717) is 34.9 Å². The van der Waals surface area contributed by atoms with Crippen molar-refractivity contribution in [1.29, 1.82) is 0 Å². The highest BCUT2D eigenvalue weighted by Gasteiger charge is 2.19. The minimum atomic E-state index is 0.583. The molecule has 0 N–H and O–H groups in total. The van der Waals surface area contributed by atoms with Crippen molar-refractivity contribution in [3.63, 3.8) is 0 Å². The highest BCUT2D eigenvalue weighted by atomic mass is 16.3. The summed E-state index contributed by atoms with van der Waals surface area (Å²) in [6, 6.07) is 60.7. The number of fused-ring (bicyclic) bond motifs is 3. The van der Waals surface area contributed by atoms with Gasteiger partial charge in [-0.2, -0.15) is 0 Å². The van der Waals surface area contributed by atoms with E-state index < -0.39 is 0 Å². The van der Waals surface area contributed by atoms with Gasteiger partial charge in [-0.05, 0) is 35.4 Å². The van der Waals surface area contributed by atoms with Crippen LogP contribution < -0.4 is 0 Å². The molecular weight excluding hydrogens is 677 g/mol. The summed E-state index contributed by atoms with van der Waals surface area (Å²) in [5.74, 6) is 3.66. The Kier molecular flexibility index (Phi) is 8.00. The zero-order valence-corrected chi connectivity index (χ0v) is 29.4. The lowest BCUT2D eigenvalue weighted by atomic mass is 10.00. The number of benzene rings is 7. The average Bonchev–Trinajstić information content (AvgIpc) is 3.66. The predicted octanol–water partition coefficient (Wildman–Crippen LogP) is 11.6.